The quantitative estimate of drug-likeness (QED) is 0.745. The number of para-hydroxylation sites is 1. The second-order valence-electron chi connectivity index (χ2n) is 5.22. The molecule has 2 N–H and O–H groups in total. The van der Waals surface area contributed by atoms with E-state index in [1.165, 1.54) is 12.3 Å². The van der Waals surface area contributed by atoms with E-state index in [4.69, 9.17) is 0 Å². The van der Waals surface area contributed by atoms with Crippen LogP contribution in [-0.2, 0) is 13.0 Å². The van der Waals surface area contributed by atoms with Crippen molar-refractivity contribution in [1.29, 1.82) is 0 Å². The summed E-state index contributed by atoms with van der Waals surface area (Å²) in [5.41, 5.74) is 2.36. The first kappa shape index (κ1) is 15.3. The summed E-state index contributed by atoms with van der Waals surface area (Å²) in [6.07, 6.45) is -3.74. The van der Waals surface area contributed by atoms with Gasteiger partial charge in [0.25, 0.3) is 0 Å². The highest BCUT2D eigenvalue weighted by molar-refractivity contribution is 5.80. The number of aromatic amines is 1. The molecule has 120 valence electrons. The molecule has 3 rings (SSSR count). The number of nitrogens with zero attached hydrogens (tertiary/aromatic N) is 2. The minimum atomic E-state index is -4.18. The van der Waals surface area contributed by atoms with E-state index in [2.05, 4.69) is 20.3 Å². The fraction of sp³-hybridized carbons (Fsp3) is 0.250. The van der Waals surface area contributed by atoms with E-state index < -0.39 is 12.6 Å². The summed E-state index contributed by atoms with van der Waals surface area (Å²) in [5, 5.41) is 4.13. The van der Waals surface area contributed by atoms with E-state index in [0.717, 1.165) is 16.6 Å². The molecule has 0 amide bonds. The Hall–Kier alpha value is -2.57. The number of H-pyrrole nitrogens is 1. The van der Waals surface area contributed by atoms with E-state index in [9.17, 15) is 13.2 Å². The van der Waals surface area contributed by atoms with Crippen LogP contribution in [0.4, 0.5) is 19.1 Å². The first-order chi connectivity index (χ1) is 11.0. The van der Waals surface area contributed by atoms with Crippen LogP contribution >= 0.6 is 0 Å². The highest BCUT2D eigenvalue weighted by atomic mass is 19.4. The van der Waals surface area contributed by atoms with Crippen molar-refractivity contribution in [3.8, 4) is 0 Å². The SMILES string of the molecule is FC(F)(F)CCc1ccnc(NCc2cc3ccccc3[nH]2)n1. The van der Waals surface area contributed by atoms with E-state index >= 15 is 0 Å². The molecule has 2 heterocycles. The molecule has 0 aliphatic heterocycles. The lowest BCUT2D eigenvalue weighted by Gasteiger charge is -2.07. The third kappa shape index (κ3) is 4.21. The molecule has 3 aromatic rings. The first-order valence-corrected chi connectivity index (χ1v) is 7.19. The normalized spacial score (nSPS) is 11.8. The number of fused-ring (bicyclic) bond motifs is 1. The monoisotopic (exact) mass is 320 g/mol. The molecule has 0 saturated carbocycles. The zero-order chi connectivity index (χ0) is 16.3. The molecule has 0 saturated heterocycles. The van der Waals surface area contributed by atoms with Gasteiger partial charge in [-0.3, -0.25) is 0 Å². The smallest absolute Gasteiger partial charge is 0.357 e. The molecule has 1 aromatic carbocycles. The molecule has 0 spiro atoms. The molecule has 0 bridgehead atoms. The Morgan fingerprint density at radius 1 is 1.13 bits per heavy atom. The average Bonchev–Trinajstić information content (AvgIpc) is 2.94. The summed E-state index contributed by atoms with van der Waals surface area (Å²) in [5.74, 6) is 0.323. The van der Waals surface area contributed by atoms with Crippen molar-refractivity contribution in [3.63, 3.8) is 0 Å². The number of aromatic nitrogens is 3. The number of anilines is 1. The molecule has 0 atom stereocenters. The van der Waals surface area contributed by atoms with Crippen molar-refractivity contribution < 1.29 is 13.2 Å². The highest BCUT2D eigenvalue weighted by Crippen LogP contribution is 2.21. The van der Waals surface area contributed by atoms with Crippen LogP contribution in [-0.4, -0.2) is 21.1 Å². The molecular formula is C16H15F3N4. The Labute approximate surface area is 130 Å². The number of rotatable bonds is 5. The zero-order valence-electron chi connectivity index (χ0n) is 12.2. The number of benzene rings is 1. The predicted octanol–water partition coefficient (Wildman–Crippen LogP) is 4.06. The van der Waals surface area contributed by atoms with Gasteiger partial charge >= 0.3 is 6.18 Å². The molecular weight excluding hydrogens is 305 g/mol. The van der Waals surface area contributed by atoms with Gasteiger partial charge in [-0.1, -0.05) is 18.2 Å². The molecule has 2 aromatic heterocycles. The number of nitrogens with one attached hydrogen (secondary N) is 2. The maximum atomic E-state index is 12.2. The lowest BCUT2D eigenvalue weighted by atomic mass is 10.2. The number of aryl methyl sites for hydroxylation is 1. The molecule has 4 nitrogen and oxygen atoms in total. The van der Waals surface area contributed by atoms with Crippen LogP contribution in [0, 0.1) is 0 Å². The fourth-order valence-electron chi connectivity index (χ4n) is 2.29. The topological polar surface area (TPSA) is 53.6 Å². The Bertz CT molecular complexity index is 762. The van der Waals surface area contributed by atoms with Gasteiger partial charge in [0.15, 0.2) is 0 Å². The summed E-state index contributed by atoms with van der Waals surface area (Å²) in [7, 11) is 0. The number of hydrogen-bond acceptors (Lipinski definition) is 3. The Balaban J connectivity index is 1.63. The predicted molar refractivity (Wildman–Crippen MR) is 82.0 cm³/mol. The summed E-state index contributed by atoms with van der Waals surface area (Å²) in [4.78, 5) is 11.4. The number of hydrogen-bond donors (Lipinski definition) is 2. The van der Waals surface area contributed by atoms with Gasteiger partial charge in [0.2, 0.25) is 5.95 Å². The van der Waals surface area contributed by atoms with E-state index in [-0.39, 0.29) is 6.42 Å². The summed E-state index contributed by atoms with van der Waals surface area (Å²) >= 11 is 0. The van der Waals surface area contributed by atoms with Crippen LogP contribution in [0.1, 0.15) is 17.8 Å². The average molecular weight is 320 g/mol. The third-order valence-corrected chi connectivity index (χ3v) is 3.40. The van der Waals surface area contributed by atoms with Crippen molar-refractivity contribution >= 4 is 16.9 Å². The molecule has 0 unspecified atom stereocenters. The second kappa shape index (κ2) is 6.28. The Kier molecular flexibility index (Phi) is 4.18. The molecule has 0 fully saturated rings. The lowest BCUT2D eigenvalue weighted by Crippen LogP contribution is -2.10. The molecule has 23 heavy (non-hydrogen) atoms. The van der Waals surface area contributed by atoms with Gasteiger partial charge in [-0.2, -0.15) is 13.2 Å². The highest BCUT2D eigenvalue weighted by Gasteiger charge is 2.26. The largest absolute Gasteiger partial charge is 0.389 e. The van der Waals surface area contributed by atoms with Crippen molar-refractivity contribution in [1.82, 2.24) is 15.0 Å². The van der Waals surface area contributed by atoms with Crippen LogP contribution < -0.4 is 5.32 Å². The van der Waals surface area contributed by atoms with Crippen molar-refractivity contribution in [2.75, 3.05) is 5.32 Å². The minimum Gasteiger partial charge on any atom is -0.357 e. The van der Waals surface area contributed by atoms with Gasteiger partial charge in [-0.15, -0.1) is 0 Å². The minimum absolute atomic E-state index is 0.146. The van der Waals surface area contributed by atoms with Crippen LogP contribution in [0.5, 0.6) is 0 Å². The van der Waals surface area contributed by atoms with Crippen LogP contribution in [0.3, 0.4) is 0 Å². The standard InChI is InChI=1S/C16H15F3N4/c17-16(18,19)7-5-12-6-8-20-15(23-12)21-10-13-9-11-3-1-2-4-14(11)22-13/h1-4,6,8-9,22H,5,7,10H2,(H,20,21,23). The van der Waals surface area contributed by atoms with E-state index in [1.807, 2.05) is 30.3 Å². The van der Waals surface area contributed by atoms with Gasteiger partial charge in [0.1, 0.15) is 0 Å². The van der Waals surface area contributed by atoms with Gasteiger partial charge in [0, 0.05) is 29.5 Å². The van der Waals surface area contributed by atoms with Crippen molar-refractivity contribution in [2.24, 2.45) is 0 Å². The summed E-state index contributed by atoms with van der Waals surface area (Å²) in [6.45, 7) is 0.470. The third-order valence-electron chi connectivity index (χ3n) is 3.40. The molecule has 0 radical (unpaired) electrons. The maximum absolute atomic E-state index is 12.2. The summed E-state index contributed by atoms with van der Waals surface area (Å²) in [6, 6.07) is 11.4. The van der Waals surface area contributed by atoms with Gasteiger partial charge < -0.3 is 10.3 Å². The Morgan fingerprint density at radius 3 is 2.74 bits per heavy atom. The number of halogens is 3. The first-order valence-electron chi connectivity index (χ1n) is 7.19. The van der Waals surface area contributed by atoms with Crippen molar-refractivity contribution in [3.05, 3.63) is 54.0 Å². The van der Waals surface area contributed by atoms with Crippen LogP contribution in [0.2, 0.25) is 0 Å². The lowest BCUT2D eigenvalue weighted by molar-refractivity contribution is -0.134. The zero-order valence-corrected chi connectivity index (χ0v) is 12.2. The van der Waals surface area contributed by atoms with Crippen LogP contribution in [0.15, 0.2) is 42.6 Å². The molecule has 0 aliphatic rings. The second-order valence-corrected chi connectivity index (χ2v) is 5.22. The van der Waals surface area contributed by atoms with Gasteiger partial charge in [0.05, 0.1) is 6.54 Å². The Morgan fingerprint density at radius 2 is 1.96 bits per heavy atom. The molecule has 0 aliphatic carbocycles. The fourth-order valence-corrected chi connectivity index (χ4v) is 2.29. The van der Waals surface area contributed by atoms with Gasteiger partial charge in [-0.25, -0.2) is 9.97 Å². The van der Waals surface area contributed by atoms with Crippen LogP contribution in [0.25, 0.3) is 10.9 Å². The number of alkyl halides is 3. The van der Waals surface area contributed by atoms with Crippen molar-refractivity contribution in [2.45, 2.75) is 25.6 Å². The van der Waals surface area contributed by atoms with Gasteiger partial charge in [-0.05, 0) is 30.0 Å². The maximum Gasteiger partial charge on any atom is 0.389 e. The summed E-state index contributed by atoms with van der Waals surface area (Å²) < 4.78 is 36.7. The van der Waals surface area contributed by atoms with E-state index in [0.29, 0.717) is 18.2 Å². The molecule has 7 heteroatoms. The van der Waals surface area contributed by atoms with E-state index in [1.54, 1.807) is 0 Å².